The fraction of sp³-hybridized carbons (Fsp3) is 0.182. The van der Waals surface area contributed by atoms with Crippen LogP contribution >= 0.6 is 11.3 Å². The Kier molecular flexibility index (Phi) is 5.68. The van der Waals surface area contributed by atoms with Gasteiger partial charge in [-0.1, -0.05) is 6.07 Å². The summed E-state index contributed by atoms with van der Waals surface area (Å²) in [6, 6.07) is 14.4. The van der Waals surface area contributed by atoms with Crippen LogP contribution in [0.15, 0.2) is 53.3 Å². The lowest BCUT2D eigenvalue weighted by molar-refractivity contribution is -0.117. The number of carbonyl (C=O) groups is 1. The van der Waals surface area contributed by atoms with Gasteiger partial charge in [-0.3, -0.25) is 9.59 Å². The zero-order valence-electron chi connectivity index (χ0n) is 17.2. The molecule has 9 heteroatoms. The predicted octanol–water partition coefficient (Wildman–Crippen LogP) is 3.48. The zero-order valence-corrected chi connectivity index (χ0v) is 18.0. The average molecular weight is 436 g/mol. The number of ether oxygens (including phenoxy) is 2. The molecule has 2 aromatic heterocycles. The SMILES string of the molecule is COc1ccc(-c2nn(CC(=O)Nc3cccc(OC)c3)c(=O)c3nc(C)sc23)cc1. The number of aromatic nitrogens is 3. The highest BCUT2D eigenvalue weighted by atomic mass is 32.1. The van der Waals surface area contributed by atoms with Gasteiger partial charge in [-0.05, 0) is 43.3 Å². The number of hydrogen-bond donors (Lipinski definition) is 1. The summed E-state index contributed by atoms with van der Waals surface area (Å²) < 4.78 is 12.2. The lowest BCUT2D eigenvalue weighted by Gasteiger charge is -2.10. The Morgan fingerprint density at radius 2 is 1.84 bits per heavy atom. The van der Waals surface area contributed by atoms with Gasteiger partial charge in [0, 0.05) is 17.3 Å². The number of amides is 1. The molecule has 0 spiro atoms. The Bertz CT molecular complexity index is 1310. The van der Waals surface area contributed by atoms with Crippen molar-refractivity contribution in [3.63, 3.8) is 0 Å². The Hall–Kier alpha value is -3.72. The summed E-state index contributed by atoms with van der Waals surface area (Å²) in [5.41, 5.74) is 1.86. The van der Waals surface area contributed by atoms with Crippen LogP contribution in [0.3, 0.4) is 0 Å². The van der Waals surface area contributed by atoms with Crippen molar-refractivity contribution in [2.24, 2.45) is 0 Å². The molecular formula is C22H20N4O4S. The van der Waals surface area contributed by atoms with Gasteiger partial charge in [-0.2, -0.15) is 5.10 Å². The molecule has 0 radical (unpaired) electrons. The number of nitrogens with one attached hydrogen (secondary N) is 1. The van der Waals surface area contributed by atoms with E-state index >= 15 is 0 Å². The molecule has 2 aromatic carbocycles. The lowest BCUT2D eigenvalue weighted by Crippen LogP contribution is -2.30. The second-order valence-electron chi connectivity index (χ2n) is 6.73. The van der Waals surface area contributed by atoms with Gasteiger partial charge in [-0.15, -0.1) is 11.3 Å². The molecule has 4 rings (SSSR count). The lowest BCUT2D eigenvalue weighted by atomic mass is 10.1. The molecule has 0 saturated heterocycles. The molecule has 0 unspecified atom stereocenters. The maximum Gasteiger partial charge on any atom is 0.294 e. The number of nitrogens with zero attached hydrogens (tertiary/aromatic N) is 3. The molecule has 8 nitrogen and oxygen atoms in total. The minimum absolute atomic E-state index is 0.244. The van der Waals surface area contributed by atoms with E-state index in [1.807, 2.05) is 31.2 Å². The first-order chi connectivity index (χ1) is 15.0. The molecule has 0 aliphatic rings. The minimum Gasteiger partial charge on any atom is -0.497 e. The zero-order chi connectivity index (χ0) is 22.0. The highest BCUT2D eigenvalue weighted by molar-refractivity contribution is 7.19. The summed E-state index contributed by atoms with van der Waals surface area (Å²) >= 11 is 1.40. The fourth-order valence-electron chi connectivity index (χ4n) is 3.15. The molecule has 31 heavy (non-hydrogen) atoms. The van der Waals surface area contributed by atoms with Gasteiger partial charge >= 0.3 is 0 Å². The van der Waals surface area contributed by atoms with Crippen molar-refractivity contribution in [3.05, 3.63) is 63.9 Å². The van der Waals surface area contributed by atoms with Gasteiger partial charge < -0.3 is 14.8 Å². The van der Waals surface area contributed by atoms with Crippen molar-refractivity contribution >= 4 is 33.1 Å². The molecule has 158 valence electrons. The molecule has 1 amide bonds. The molecule has 0 fully saturated rings. The molecule has 0 aliphatic carbocycles. The predicted molar refractivity (Wildman–Crippen MR) is 120 cm³/mol. The van der Waals surface area contributed by atoms with Crippen LogP contribution in [-0.4, -0.2) is 34.9 Å². The number of methoxy groups -OCH3 is 2. The largest absolute Gasteiger partial charge is 0.497 e. The Morgan fingerprint density at radius 1 is 1.10 bits per heavy atom. The van der Waals surface area contributed by atoms with Crippen LogP contribution < -0.4 is 20.3 Å². The fourth-order valence-corrected chi connectivity index (χ4v) is 4.07. The molecular weight excluding hydrogens is 416 g/mol. The first-order valence-corrected chi connectivity index (χ1v) is 10.3. The highest BCUT2D eigenvalue weighted by Crippen LogP contribution is 2.30. The third-order valence-corrected chi connectivity index (χ3v) is 5.59. The Balaban J connectivity index is 1.71. The smallest absolute Gasteiger partial charge is 0.294 e. The summed E-state index contributed by atoms with van der Waals surface area (Å²) in [5, 5.41) is 8.02. The minimum atomic E-state index is -0.405. The van der Waals surface area contributed by atoms with E-state index in [0.717, 1.165) is 15.3 Å². The van der Waals surface area contributed by atoms with Crippen molar-refractivity contribution in [1.82, 2.24) is 14.8 Å². The number of anilines is 1. The van der Waals surface area contributed by atoms with Gasteiger partial charge in [0.15, 0.2) is 5.52 Å². The van der Waals surface area contributed by atoms with E-state index in [0.29, 0.717) is 33.1 Å². The Morgan fingerprint density at radius 3 is 2.55 bits per heavy atom. The number of benzene rings is 2. The average Bonchev–Trinajstić information content (AvgIpc) is 3.18. The standard InChI is InChI=1S/C22H20N4O4S/c1-13-23-20-21(31-13)19(14-7-9-16(29-2)10-8-14)25-26(22(20)28)12-18(27)24-15-5-4-6-17(11-15)30-3/h4-11H,12H2,1-3H3,(H,24,27). The number of rotatable bonds is 6. The van der Waals surface area contributed by atoms with Crippen molar-refractivity contribution in [2.45, 2.75) is 13.5 Å². The van der Waals surface area contributed by atoms with Crippen LogP contribution in [0.25, 0.3) is 21.5 Å². The first-order valence-electron chi connectivity index (χ1n) is 9.45. The van der Waals surface area contributed by atoms with Gasteiger partial charge in [0.1, 0.15) is 23.7 Å². The van der Waals surface area contributed by atoms with Gasteiger partial charge in [0.05, 0.1) is 23.9 Å². The number of hydrogen-bond acceptors (Lipinski definition) is 7. The Labute approximate surface area is 182 Å². The van der Waals surface area contributed by atoms with E-state index in [2.05, 4.69) is 15.4 Å². The monoisotopic (exact) mass is 436 g/mol. The second-order valence-corrected chi connectivity index (χ2v) is 7.93. The first kappa shape index (κ1) is 20.5. The molecule has 0 bridgehead atoms. The number of aryl methyl sites for hydroxylation is 1. The maximum atomic E-state index is 12.9. The summed E-state index contributed by atoms with van der Waals surface area (Å²) in [4.78, 5) is 29.9. The van der Waals surface area contributed by atoms with Crippen molar-refractivity contribution in [3.8, 4) is 22.8 Å². The highest BCUT2D eigenvalue weighted by Gasteiger charge is 2.18. The molecule has 2 heterocycles. The number of fused-ring (bicyclic) bond motifs is 1. The van der Waals surface area contributed by atoms with E-state index < -0.39 is 5.56 Å². The molecule has 0 saturated carbocycles. The van der Waals surface area contributed by atoms with E-state index in [9.17, 15) is 9.59 Å². The van der Waals surface area contributed by atoms with Crippen LogP contribution in [0.5, 0.6) is 11.5 Å². The van der Waals surface area contributed by atoms with E-state index in [1.54, 1.807) is 38.5 Å². The van der Waals surface area contributed by atoms with Gasteiger partial charge in [0.2, 0.25) is 5.91 Å². The second kappa shape index (κ2) is 8.57. The van der Waals surface area contributed by atoms with Crippen LogP contribution in [0.2, 0.25) is 0 Å². The summed E-state index contributed by atoms with van der Waals surface area (Å²) in [7, 11) is 3.15. The summed E-state index contributed by atoms with van der Waals surface area (Å²) in [6.07, 6.45) is 0. The van der Waals surface area contributed by atoms with Gasteiger partial charge in [0.25, 0.3) is 5.56 Å². The topological polar surface area (TPSA) is 95.3 Å². The number of thiazole rings is 1. The van der Waals surface area contributed by atoms with Crippen molar-refractivity contribution in [2.75, 3.05) is 19.5 Å². The van der Waals surface area contributed by atoms with Crippen LogP contribution in [0.1, 0.15) is 5.01 Å². The van der Waals surface area contributed by atoms with E-state index in [4.69, 9.17) is 9.47 Å². The molecule has 0 aliphatic heterocycles. The van der Waals surface area contributed by atoms with Crippen molar-refractivity contribution < 1.29 is 14.3 Å². The van der Waals surface area contributed by atoms with Gasteiger partial charge in [-0.25, -0.2) is 9.67 Å². The third-order valence-electron chi connectivity index (χ3n) is 4.62. The molecule has 4 aromatic rings. The third kappa shape index (κ3) is 4.26. The normalized spacial score (nSPS) is 10.8. The summed E-state index contributed by atoms with van der Waals surface area (Å²) in [5.74, 6) is 0.954. The van der Waals surface area contributed by atoms with Crippen molar-refractivity contribution in [1.29, 1.82) is 0 Å². The quantitative estimate of drug-likeness (QED) is 0.497. The van der Waals surface area contributed by atoms with E-state index in [-0.39, 0.29) is 12.5 Å². The van der Waals surface area contributed by atoms with Crippen LogP contribution in [0.4, 0.5) is 5.69 Å². The van der Waals surface area contributed by atoms with Crippen LogP contribution in [0, 0.1) is 6.92 Å². The molecule has 1 N–H and O–H groups in total. The summed E-state index contributed by atoms with van der Waals surface area (Å²) in [6.45, 7) is 1.59. The maximum absolute atomic E-state index is 12.9. The number of carbonyl (C=O) groups excluding carboxylic acids is 1. The van der Waals surface area contributed by atoms with Crippen LogP contribution in [-0.2, 0) is 11.3 Å². The van der Waals surface area contributed by atoms with E-state index in [1.165, 1.54) is 11.3 Å². The molecule has 0 atom stereocenters.